The molecule has 0 heterocycles. The Morgan fingerprint density at radius 3 is 2.47 bits per heavy atom. The second-order valence-electron chi connectivity index (χ2n) is 4.61. The maximum absolute atomic E-state index is 11.0. The van der Waals surface area contributed by atoms with E-state index in [4.69, 9.17) is 14.6 Å². The number of rotatable bonds is 4. The van der Waals surface area contributed by atoms with Crippen molar-refractivity contribution < 1.29 is 19.4 Å². The molecule has 1 rings (SSSR count). The van der Waals surface area contributed by atoms with E-state index in [2.05, 4.69) is 0 Å². The minimum absolute atomic E-state index is 0.146. The zero-order valence-corrected chi connectivity index (χ0v) is 10.6. The van der Waals surface area contributed by atoms with Gasteiger partial charge in [0.2, 0.25) is 0 Å². The molecule has 0 fully saturated rings. The minimum atomic E-state index is -1.00. The molecule has 0 spiro atoms. The van der Waals surface area contributed by atoms with E-state index in [-0.39, 0.29) is 11.2 Å². The third-order valence-corrected chi connectivity index (χ3v) is 1.91. The molecule has 1 aromatic carbocycles. The van der Waals surface area contributed by atoms with Gasteiger partial charge in [0.05, 0.1) is 6.61 Å². The monoisotopic (exact) mass is 238 g/mol. The molecule has 0 aliphatic rings. The maximum atomic E-state index is 11.0. The molecule has 0 aromatic heterocycles. The Balaban J connectivity index is 3.05. The normalized spacial score (nSPS) is 11.1. The average Bonchev–Trinajstić information content (AvgIpc) is 2.15. The lowest BCUT2D eigenvalue weighted by Gasteiger charge is -2.22. The molecule has 4 heteroatoms. The van der Waals surface area contributed by atoms with Gasteiger partial charge in [-0.05, 0) is 39.8 Å². The minimum Gasteiger partial charge on any atom is -0.493 e. The number of benzene rings is 1. The van der Waals surface area contributed by atoms with Crippen LogP contribution in [0.4, 0.5) is 0 Å². The summed E-state index contributed by atoms with van der Waals surface area (Å²) in [5.74, 6) is -0.0662. The van der Waals surface area contributed by atoms with Gasteiger partial charge in [0.25, 0.3) is 0 Å². The molecule has 0 aliphatic carbocycles. The third kappa shape index (κ3) is 3.98. The number of carboxylic acids is 1. The van der Waals surface area contributed by atoms with Crippen LogP contribution in [0.3, 0.4) is 0 Å². The number of hydrogen-bond donors (Lipinski definition) is 1. The molecule has 0 saturated carbocycles. The van der Waals surface area contributed by atoms with Gasteiger partial charge in [0.15, 0.2) is 0 Å². The molecule has 0 saturated heterocycles. The molecule has 0 amide bonds. The first-order chi connectivity index (χ1) is 7.83. The summed E-state index contributed by atoms with van der Waals surface area (Å²) in [7, 11) is 0. The summed E-state index contributed by atoms with van der Waals surface area (Å²) in [6.07, 6.45) is 0. The fourth-order valence-corrected chi connectivity index (χ4v) is 1.37. The van der Waals surface area contributed by atoms with Crippen LogP contribution >= 0.6 is 0 Å². The Hall–Kier alpha value is -1.71. The fourth-order valence-electron chi connectivity index (χ4n) is 1.37. The second kappa shape index (κ2) is 5.08. The van der Waals surface area contributed by atoms with E-state index in [0.717, 1.165) is 0 Å². The standard InChI is InChI=1S/C13H18O4/c1-5-16-11-8-9(17-13(2,3)4)6-7-10(11)12(14)15/h6-8H,5H2,1-4H3,(H,14,15). The summed E-state index contributed by atoms with van der Waals surface area (Å²) in [5.41, 5.74) is -0.179. The van der Waals surface area contributed by atoms with Gasteiger partial charge in [-0.25, -0.2) is 4.79 Å². The van der Waals surface area contributed by atoms with Crippen LogP contribution in [-0.2, 0) is 0 Å². The highest BCUT2D eigenvalue weighted by Gasteiger charge is 2.16. The molecule has 0 radical (unpaired) electrons. The van der Waals surface area contributed by atoms with Gasteiger partial charge >= 0.3 is 5.97 Å². The van der Waals surface area contributed by atoms with Gasteiger partial charge in [0, 0.05) is 6.07 Å². The molecule has 4 nitrogen and oxygen atoms in total. The van der Waals surface area contributed by atoms with Crippen LogP contribution in [0.5, 0.6) is 11.5 Å². The van der Waals surface area contributed by atoms with E-state index in [1.54, 1.807) is 12.1 Å². The van der Waals surface area contributed by atoms with Crippen molar-refractivity contribution in [3.8, 4) is 11.5 Å². The zero-order valence-electron chi connectivity index (χ0n) is 10.6. The molecular formula is C13H18O4. The van der Waals surface area contributed by atoms with Crippen LogP contribution in [0, 0.1) is 0 Å². The Morgan fingerprint density at radius 1 is 1.35 bits per heavy atom. The van der Waals surface area contributed by atoms with Crippen LogP contribution in [0.25, 0.3) is 0 Å². The first-order valence-corrected chi connectivity index (χ1v) is 5.52. The number of ether oxygens (including phenoxy) is 2. The highest BCUT2D eigenvalue weighted by Crippen LogP contribution is 2.27. The first-order valence-electron chi connectivity index (χ1n) is 5.52. The lowest BCUT2D eigenvalue weighted by Crippen LogP contribution is -2.23. The van der Waals surface area contributed by atoms with E-state index in [9.17, 15) is 4.79 Å². The molecule has 0 unspecified atom stereocenters. The van der Waals surface area contributed by atoms with E-state index >= 15 is 0 Å². The lowest BCUT2D eigenvalue weighted by atomic mass is 10.1. The van der Waals surface area contributed by atoms with Gasteiger partial charge in [-0.15, -0.1) is 0 Å². The molecule has 1 aromatic rings. The van der Waals surface area contributed by atoms with Crippen molar-refractivity contribution in [1.29, 1.82) is 0 Å². The van der Waals surface area contributed by atoms with E-state index in [0.29, 0.717) is 18.1 Å². The van der Waals surface area contributed by atoms with Gasteiger partial charge < -0.3 is 14.6 Å². The predicted molar refractivity (Wildman–Crippen MR) is 65.0 cm³/mol. The molecule has 0 atom stereocenters. The number of aromatic carboxylic acids is 1. The highest BCUT2D eigenvalue weighted by atomic mass is 16.5. The summed E-state index contributed by atoms with van der Waals surface area (Å²) < 4.78 is 10.9. The highest BCUT2D eigenvalue weighted by molar-refractivity contribution is 5.91. The number of carbonyl (C=O) groups is 1. The van der Waals surface area contributed by atoms with Gasteiger partial charge in [-0.1, -0.05) is 0 Å². The van der Waals surface area contributed by atoms with Crippen molar-refractivity contribution in [3.05, 3.63) is 23.8 Å². The molecule has 94 valence electrons. The van der Waals surface area contributed by atoms with Crippen molar-refractivity contribution >= 4 is 5.97 Å². The Bertz CT molecular complexity index is 404. The van der Waals surface area contributed by atoms with E-state index < -0.39 is 5.97 Å². The van der Waals surface area contributed by atoms with Crippen LogP contribution < -0.4 is 9.47 Å². The van der Waals surface area contributed by atoms with Crippen LogP contribution in [0.15, 0.2) is 18.2 Å². The molecule has 0 aliphatic heterocycles. The Labute approximate surface area is 101 Å². The van der Waals surface area contributed by atoms with E-state index in [1.807, 2.05) is 27.7 Å². The zero-order chi connectivity index (χ0) is 13.1. The Morgan fingerprint density at radius 2 is 2.00 bits per heavy atom. The van der Waals surface area contributed by atoms with E-state index in [1.165, 1.54) is 6.07 Å². The number of carboxylic acid groups (broad SMARTS) is 1. The second-order valence-corrected chi connectivity index (χ2v) is 4.61. The molecule has 0 bridgehead atoms. The molecular weight excluding hydrogens is 220 g/mol. The van der Waals surface area contributed by atoms with Crippen molar-refractivity contribution in [2.75, 3.05) is 6.61 Å². The third-order valence-electron chi connectivity index (χ3n) is 1.91. The average molecular weight is 238 g/mol. The fraction of sp³-hybridized carbons (Fsp3) is 0.462. The van der Waals surface area contributed by atoms with Gasteiger partial charge in [-0.2, -0.15) is 0 Å². The molecule has 1 N–H and O–H groups in total. The quantitative estimate of drug-likeness (QED) is 0.876. The summed E-state index contributed by atoms with van der Waals surface area (Å²) >= 11 is 0. The Kier molecular flexibility index (Phi) is 3.99. The summed E-state index contributed by atoms with van der Waals surface area (Å²) in [6.45, 7) is 8.01. The SMILES string of the molecule is CCOc1cc(OC(C)(C)C)ccc1C(=O)O. The first kappa shape index (κ1) is 13.4. The van der Waals surface area contributed by atoms with Crippen molar-refractivity contribution in [1.82, 2.24) is 0 Å². The summed E-state index contributed by atoms with van der Waals surface area (Å²) in [6, 6.07) is 4.74. The predicted octanol–water partition coefficient (Wildman–Crippen LogP) is 2.96. The van der Waals surface area contributed by atoms with Crippen LogP contribution in [0.2, 0.25) is 0 Å². The van der Waals surface area contributed by atoms with Crippen molar-refractivity contribution in [2.24, 2.45) is 0 Å². The topological polar surface area (TPSA) is 55.8 Å². The number of hydrogen-bond acceptors (Lipinski definition) is 3. The maximum Gasteiger partial charge on any atom is 0.339 e. The molecule has 17 heavy (non-hydrogen) atoms. The lowest BCUT2D eigenvalue weighted by molar-refractivity contribution is 0.0692. The smallest absolute Gasteiger partial charge is 0.339 e. The summed E-state index contributed by atoms with van der Waals surface area (Å²) in [5, 5.41) is 8.99. The van der Waals surface area contributed by atoms with Gasteiger partial charge in [-0.3, -0.25) is 0 Å². The van der Waals surface area contributed by atoms with Crippen LogP contribution in [-0.4, -0.2) is 23.3 Å². The van der Waals surface area contributed by atoms with Gasteiger partial charge in [0.1, 0.15) is 22.7 Å². The van der Waals surface area contributed by atoms with Crippen LogP contribution in [0.1, 0.15) is 38.1 Å². The van der Waals surface area contributed by atoms with Crippen molar-refractivity contribution in [2.45, 2.75) is 33.3 Å². The summed E-state index contributed by atoms with van der Waals surface area (Å²) in [4.78, 5) is 11.0. The largest absolute Gasteiger partial charge is 0.493 e. The van der Waals surface area contributed by atoms with Crippen molar-refractivity contribution in [3.63, 3.8) is 0 Å².